The largest absolute Gasteiger partial charge is 0.381 e. The third-order valence-corrected chi connectivity index (χ3v) is 4.12. The third-order valence-electron chi connectivity index (χ3n) is 4.12. The summed E-state index contributed by atoms with van der Waals surface area (Å²) in [5, 5.41) is 4.09. The molecule has 2 N–H and O–H groups in total. The molecule has 1 aromatic rings. The van der Waals surface area contributed by atoms with Crippen LogP contribution in [0, 0.1) is 5.92 Å². The van der Waals surface area contributed by atoms with Crippen LogP contribution < -0.4 is 5.73 Å². The molecule has 1 aliphatic carbocycles. The summed E-state index contributed by atoms with van der Waals surface area (Å²) in [6, 6.07) is 0.182. The van der Waals surface area contributed by atoms with Crippen LogP contribution in [0.3, 0.4) is 0 Å². The van der Waals surface area contributed by atoms with Crippen molar-refractivity contribution in [2.45, 2.75) is 50.5 Å². The standard InChI is InChI=1S/C13H21N3O2/c14-11-4-2-1-3-10(11)13-15-12(16-18-13)7-9-5-6-17-8-9/h9-11H,1-8,14H2. The topological polar surface area (TPSA) is 74.2 Å². The molecule has 5 nitrogen and oxygen atoms in total. The lowest BCUT2D eigenvalue weighted by molar-refractivity contribution is 0.185. The van der Waals surface area contributed by atoms with Crippen molar-refractivity contribution >= 4 is 0 Å². The predicted octanol–water partition coefficient (Wildman–Crippen LogP) is 1.63. The van der Waals surface area contributed by atoms with Gasteiger partial charge in [-0.05, 0) is 25.2 Å². The van der Waals surface area contributed by atoms with Gasteiger partial charge in [-0.1, -0.05) is 18.0 Å². The van der Waals surface area contributed by atoms with E-state index in [4.69, 9.17) is 15.0 Å². The summed E-state index contributed by atoms with van der Waals surface area (Å²) in [7, 11) is 0. The number of hydrogen-bond acceptors (Lipinski definition) is 5. The highest BCUT2D eigenvalue weighted by molar-refractivity contribution is 5.01. The van der Waals surface area contributed by atoms with Crippen molar-refractivity contribution in [3.05, 3.63) is 11.7 Å². The highest BCUT2D eigenvalue weighted by Crippen LogP contribution is 2.31. The molecule has 18 heavy (non-hydrogen) atoms. The summed E-state index contributed by atoms with van der Waals surface area (Å²) in [5.41, 5.74) is 6.14. The summed E-state index contributed by atoms with van der Waals surface area (Å²) in [5.74, 6) is 2.38. The zero-order valence-corrected chi connectivity index (χ0v) is 10.7. The van der Waals surface area contributed by atoms with Crippen LogP contribution in [-0.4, -0.2) is 29.4 Å². The molecule has 0 bridgehead atoms. The van der Waals surface area contributed by atoms with Gasteiger partial charge in [0.05, 0.1) is 5.92 Å². The van der Waals surface area contributed by atoms with E-state index in [0.717, 1.165) is 50.6 Å². The lowest BCUT2D eigenvalue weighted by Gasteiger charge is -2.25. The molecule has 1 aromatic heterocycles. The van der Waals surface area contributed by atoms with Gasteiger partial charge < -0.3 is 15.0 Å². The van der Waals surface area contributed by atoms with E-state index < -0.39 is 0 Å². The number of rotatable bonds is 3. The molecule has 2 heterocycles. The molecular formula is C13H21N3O2. The first-order chi connectivity index (χ1) is 8.83. The van der Waals surface area contributed by atoms with Gasteiger partial charge in [0.1, 0.15) is 0 Å². The molecule has 0 aromatic carbocycles. The van der Waals surface area contributed by atoms with Crippen molar-refractivity contribution in [2.24, 2.45) is 11.7 Å². The molecular weight excluding hydrogens is 230 g/mol. The van der Waals surface area contributed by atoms with Gasteiger partial charge in [-0.3, -0.25) is 0 Å². The Hall–Kier alpha value is -0.940. The second-order valence-electron chi connectivity index (χ2n) is 5.54. The molecule has 1 saturated heterocycles. The maximum absolute atomic E-state index is 6.14. The Kier molecular flexibility index (Phi) is 3.61. The lowest BCUT2D eigenvalue weighted by Crippen LogP contribution is -2.31. The van der Waals surface area contributed by atoms with Gasteiger partial charge in [0, 0.05) is 25.7 Å². The van der Waals surface area contributed by atoms with Crippen LogP contribution in [0.2, 0.25) is 0 Å². The SMILES string of the molecule is NC1CCCCC1c1nc(CC2CCOC2)no1. The highest BCUT2D eigenvalue weighted by atomic mass is 16.5. The summed E-state index contributed by atoms with van der Waals surface area (Å²) < 4.78 is 10.8. The molecule has 3 atom stereocenters. The van der Waals surface area contributed by atoms with Crippen LogP contribution in [0.5, 0.6) is 0 Å². The van der Waals surface area contributed by atoms with Crippen LogP contribution in [0.15, 0.2) is 4.52 Å². The van der Waals surface area contributed by atoms with E-state index in [-0.39, 0.29) is 12.0 Å². The number of nitrogens with zero attached hydrogens (tertiary/aromatic N) is 2. The minimum atomic E-state index is 0.182. The maximum Gasteiger partial charge on any atom is 0.231 e. The second-order valence-corrected chi connectivity index (χ2v) is 5.54. The van der Waals surface area contributed by atoms with E-state index in [1.165, 1.54) is 12.8 Å². The number of hydrogen-bond donors (Lipinski definition) is 1. The van der Waals surface area contributed by atoms with Crippen LogP contribution >= 0.6 is 0 Å². The van der Waals surface area contributed by atoms with Gasteiger partial charge in [-0.2, -0.15) is 4.98 Å². The summed E-state index contributed by atoms with van der Waals surface area (Å²) >= 11 is 0. The molecule has 0 radical (unpaired) electrons. The van der Waals surface area contributed by atoms with Gasteiger partial charge in [0.2, 0.25) is 5.89 Å². The van der Waals surface area contributed by atoms with E-state index in [2.05, 4.69) is 10.1 Å². The van der Waals surface area contributed by atoms with Crippen LogP contribution in [0.25, 0.3) is 0 Å². The van der Waals surface area contributed by atoms with E-state index in [9.17, 15) is 0 Å². The Balaban J connectivity index is 1.64. The van der Waals surface area contributed by atoms with E-state index in [0.29, 0.717) is 5.92 Å². The predicted molar refractivity (Wildman–Crippen MR) is 66.1 cm³/mol. The molecule has 2 aliphatic rings. The van der Waals surface area contributed by atoms with Gasteiger partial charge in [0.25, 0.3) is 0 Å². The molecule has 1 aliphatic heterocycles. The van der Waals surface area contributed by atoms with E-state index in [1.807, 2.05) is 0 Å². The Morgan fingerprint density at radius 2 is 2.11 bits per heavy atom. The van der Waals surface area contributed by atoms with Crippen LogP contribution in [0.4, 0.5) is 0 Å². The fourth-order valence-corrected chi connectivity index (χ4v) is 2.97. The zero-order valence-electron chi connectivity index (χ0n) is 10.7. The third kappa shape index (κ3) is 2.57. The summed E-state index contributed by atoms with van der Waals surface area (Å²) in [6.07, 6.45) is 6.55. The van der Waals surface area contributed by atoms with Gasteiger partial charge >= 0.3 is 0 Å². The Labute approximate surface area is 107 Å². The minimum absolute atomic E-state index is 0.182. The van der Waals surface area contributed by atoms with Crippen LogP contribution in [-0.2, 0) is 11.2 Å². The highest BCUT2D eigenvalue weighted by Gasteiger charge is 2.29. The summed E-state index contributed by atoms with van der Waals surface area (Å²) in [6.45, 7) is 1.69. The Morgan fingerprint density at radius 3 is 2.89 bits per heavy atom. The van der Waals surface area contributed by atoms with Crippen molar-refractivity contribution in [1.29, 1.82) is 0 Å². The smallest absolute Gasteiger partial charge is 0.231 e. The first kappa shape index (κ1) is 12.1. The average Bonchev–Trinajstić information content (AvgIpc) is 3.02. The molecule has 5 heteroatoms. The van der Waals surface area contributed by atoms with Crippen molar-refractivity contribution in [2.75, 3.05) is 13.2 Å². The van der Waals surface area contributed by atoms with E-state index >= 15 is 0 Å². The van der Waals surface area contributed by atoms with Crippen molar-refractivity contribution in [3.8, 4) is 0 Å². The lowest BCUT2D eigenvalue weighted by atomic mass is 9.85. The number of nitrogens with two attached hydrogens (primary N) is 1. The quantitative estimate of drug-likeness (QED) is 0.883. The molecule has 3 unspecified atom stereocenters. The monoisotopic (exact) mass is 251 g/mol. The Bertz CT molecular complexity index is 387. The molecule has 0 spiro atoms. The molecule has 3 rings (SSSR count). The number of aromatic nitrogens is 2. The average molecular weight is 251 g/mol. The molecule has 100 valence electrons. The molecule has 0 amide bonds. The van der Waals surface area contributed by atoms with Crippen LogP contribution in [0.1, 0.15) is 49.7 Å². The van der Waals surface area contributed by atoms with Gasteiger partial charge in [0.15, 0.2) is 5.82 Å². The van der Waals surface area contributed by atoms with E-state index in [1.54, 1.807) is 0 Å². The first-order valence-electron chi connectivity index (χ1n) is 6.99. The van der Waals surface area contributed by atoms with Gasteiger partial charge in [-0.25, -0.2) is 0 Å². The maximum atomic E-state index is 6.14. The Morgan fingerprint density at radius 1 is 1.22 bits per heavy atom. The number of ether oxygens (including phenoxy) is 1. The summed E-state index contributed by atoms with van der Waals surface area (Å²) in [4.78, 5) is 4.53. The fraction of sp³-hybridized carbons (Fsp3) is 0.846. The first-order valence-corrected chi connectivity index (χ1v) is 6.99. The molecule has 1 saturated carbocycles. The molecule has 2 fully saturated rings. The van der Waals surface area contributed by atoms with Crippen molar-refractivity contribution in [1.82, 2.24) is 10.1 Å². The zero-order chi connectivity index (χ0) is 12.4. The fourth-order valence-electron chi connectivity index (χ4n) is 2.97. The minimum Gasteiger partial charge on any atom is -0.381 e. The van der Waals surface area contributed by atoms with Gasteiger partial charge in [-0.15, -0.1) is 0 Å². The van der Waals surface area contributed by atoms with Crippen molar-refractivity contribution in [3.63, 3.8) is 0 Å². The normalized spacial score (nSPS) is 32.8. The van der Waals surface area contributed by atoms with Crippen molar-refractivity contribution < 1.29 is 9.26 Å². The second kappa shape index (κ2) is 5.36.